The lowest BCUT2D eigenvalue weighted by Gasteiger charge is -2.20. The fraction of sp³-hybridized carbons (Fsp3) is 0.833. The maximum Gasteiger partial charge on any atom is 0.134 e. The van der Waals surface area contributed by atoms with Crippen LogP contribution in [0.15, 0.2) is 0 Å². The summed E-state index contributed by atoms with van der Waals surface area (Å²) >= 11 is 1.45. The Labute approximate surface area is 113 Å². The van der Waals surface area contributed by atoms with Crippen LogP contribution in [0.3, 0.4) is 0 Å². The minimum absolute atomic E-state index is 0.311. The number of anilines is 1. The van der Waals surface area contributed by atoms with Gasteiger partial charge in [0.05, 0.1) is 6.10 Å². The summed E-state index contributed by atoms with van der Waals surface area (Å²) in [6.45, 7) is 9.07. The van der Waals surface area contributed by atoms with Crippen LogP contribution in [0.2, 0.25) is 0 Å². The molecule has 102 valence electrons. The lowest BCUT2D eigenvalue weighted by Crippen LogP contribution is -2.30. The van der Waals surface area contributed by atoms with Crippen molar-refractivity contribution < 1.29 is 4.74 Å². The molecule has 1 aliphatic rings. The molecule has 1 aliphatic heterocycles. The van der Waals surface area contributed by atoms with Crippen molar-refractivity contribution in [3.63, 3.8) is 0 Å². The summed E-state index contributed by atoms with van der Waals surface area (Å²) in [6, 6.07) is 0. The van der Waals surface area contributed by atoms with E-state index in [0.717, 1.165) is 56.3 Å². The molecule has 0 saturated carbocycles. The molecule has 1 N–H and O–H groups in total. The number of aromatic nitrogens is 2. The lowest BCUT2D eigenvalue weighted by molar-refractivity contribution is 0.0666. The van der Waals surface area contributed by atoms with Gasteiger partial charge in [-0.25, -0.2) is 0 Å². The van der Waals surface area contributed by atoms with Crippen molar-refractivity contribution in [3.8, 4) is 0 Å². The van der Waals surface area contributed by atoms with E-state index in [-0.39, 0.29) is 0 Å². The summed E-state index contributed by atoms with van der Waals surface area (Å²) < 4.78 is 9.71. The lowest BCUT2D eigenvalue weighted by atomic mass is 10.3. The molecule has 0 aromatic carbocycles. The van der Waals surface area contributed by atoms with Crippen molar-refractivity contribution in [2.75, 3.05) is 31.6 Å². The molecule has 1 aromatic rings. The summed E-state index contributed by atoms with van der Waals surface area (Å²) in [6.07, 6.45) is 2.53. The summed E-state index contributed by atoms with van der Waals surface area (Å²) in [5, 5.41) is 8.76. The fourth-order valence-corrected chi connectivity index (χ4v) is 2.72. The average molecular weight is 270 g/mol. The number of nitrogens with one attached hydrogen (secondary N) is 1. The van der Waals surface area contributed by atoms with E-state index >= 15 is 0 Å². The predicted octanol–water partition coefficient (Wildman–Crippen LogP) is 1.97. The topological polar surface area (TPSA) is 50.3 Å². The van der Waals surface area contributed by atoms with E-state index in [9.17, 15) is 0 Å². The highest BCUT2D eigenvalue weighted by molar-refractivity contribution is 7.10. The van der Waals surface area contributed by atoms with Crippen molar-refractivity contribution in [1.29, 1.82) is 0 Å². The Hall–Kier alpha value is -0.720. The Morgan fingerprint density at radius 1 is 1.56 bits per heavy atom. The molecule has 5 nitrogen and oxygen atoms in total. The van der Waals surface area contributed by atoms with Crippen LogP contribution >= 0.6 is 11.5 Å². The van der Waals surface area contributed by atoms with Gasteiger partial charge in [0.1, 0.15) is 10.7 Å². The smallest absolute Gasteiger partial charge is 0.134 e. The summed E-state index contributed by atoms with van der Waals surface area (Å²) in [4.78, 5) is 2.41. The summed E-state index contributed by atoms with van der Waals surface area (Å²) in [5.74, 6) is 0. The number of rotatable bonds is 5. The molecule has 0 spiro atoms. The minimum Gasteiger partial charge on any atom is -0.377 e. The third kappa shape index (κ3) is 3.90. The first-order chi connectivity index (χ1) is 8.79. The van der Waals surface area contributed by atoms with E-state index in [1.165, 1.54) is 11.5 Å². The molecule has 1 unspecified atom stereocenters. The first kappa shape index (κ1) is 13.7. The zero-order chi connectivity index (χ0) is 12.8. The monoisotopic (exact) mass is 270 g/mol. The SMILES string of the molecule is CCCNc1snnc1CN1CCCOC(C)C1. The van der Waals surface area contributed by atoms with Gasteiger partial charge in [0.2, 0.25) is 0 Å². The predicted molar refractivity (Wildman–Crippen MR) is 74.0 cm³/mol. The molecule has 0 bridgehead atoms. The van der Waals surface area contributed by atoms with Gasteiger partial charge in [-0.3, -0.25) is 4.90 Å². The van der Waals surface area contributed by atoms with Gasteiger partial charge < -0.3 is 10.1 Å². The Bertz CT molecular complexity index is 358. The van der Waals surface area contributed by atoms with Crippen LogP contribution in [0, 0.1) is 0 Å². The van der Waals surface area contributed by atoms with Crippen LogP contribution in [-0.2, 0) is 11.3 Å². The molecule has 1 saturated heterocycles. The van der Waals surface area contributed by atoms with Gasteiger partial charge in [0.15, 0.2) is 0 Å². The Morgan fingerprint density at radius 3 is 3.28 bits per heavy atom. The van der Waals surface area contributed by atoms with Crippen molar-refractivity contribution in [2.24, 2.45) is 0 Å². The van der Waals surface area contributed by atoms with E-state index in [1.807, 2.05) is 0 Å². The summed E-state index contributed by atoms with van der Waals surface area (Å²) in [7, 11) is 0. The normalized spacial score (nSPS) is 21.8. The van der Waals surface area contributed by atoms with Crippen LogP contribution in [0.4, 0.5) is 5.00 Å². The first-order valence-electron chi connectivity index (χ1n) is 6.68. The second-order valence-electron chi connectivity index (χ2n) is 4.75. The summed E-state index contributed by atoms with van der Waals surface area (Å²) in [5.41, 5.74) is 1.07. The van der Waals surface area contributed by atoms with Crippen LogP contribution in [-0.4, -0.2) is 46.8 Å². The molecule has 1 atom stereocenters. The maximum absolute atomic E-state index is 5.66. The maximum atomic E-state index is 5.66. The standard InChI is InChI=1S/C12H22N4OS/c1-3-5-13-12-11(14-15-18-12)9-16-6-4-7-17-10(2)8-16/h10,13H,3-9H2,1-2H3. The molecular weight excluding hydrogens is 248 g/mol. The van der Waals surface area contributed by atoms with E-state index in [0.29, 0.717) is 6.10 Å². The van der Waals surface area contributed by atoms with Gasteiger partial charge in [-0.15, -0.1) is 5.10 Å². The van der Waals surface area contributed by atoms with Crippen molar-refractivity contribution in [3.05, 3.63) is 5.69 Å². The molecule has 0 amide bonds. The molecule has 2 heterocycles. The number of hydrogen-bond donors (Lipinski definition) is 1. The van der Waals surface area contributed by atoms with Gasteiger partial charge in [-0.2, -0.15) is 0 Å². The molecule has 18 heavy (non-hydrogen) atoms. The van der Waals surface area contributed by atoms with Crippen LogP contribution in [0.25, 0.3) is 0 Å². The second-order valence-corrected chi connectivity index (χ2v) is 5.50. The highest BCUT2D eigenvalue weighted by Gasteiger charge is 2.18. The van der Waals surface area contributed by atoms with Crippen molar-refractivity contribution in [2.45, 2.75) is 39.3 Å². The Morgan fingerprint density at radius 2 is 2.44 bits per heavy atom. The van der Waals surface area contributed by atoms with E-state index < -0.39 is 0 Å². The third-order valence-electron chi connectivity index (χ3n) is 3.00. The number of nitrogens with zero attached hydrogens (tertiary/aromatic N) is 3. The van der Waals surface area contributed by atoms with Gasteiger partial charge in [0.25, 0.3) is 0 Å². The third-order valence-corrected chi connectivity index (χ3v) is 3.73. The van der Waals surface area contributed by atoms with Gasteiger partial charge in [-0.05, 0) is 19.8 Å². The van der Waals surface area contributed by atoms with Crippen LogP contribution in [0.5, 0.6) is 0 Å². The van der Waals surface area contributed by atoms with Crippen molar-refractivity contribution in [1.82, 2.24) is 14.5 Å². The largest absolute Gasteiger partial charge is 0.377 e. The highest BCUT2D eigenvalue weighted by Crippen LogP contribution is 2.20. The molecule has 0 aliphatic carbocycles. The molecule has 0 radical (unpaired) electrons. The molecule has 2 rings (SSSR count). The van der Waals surface area contributed by atoms with E-state index in [2.05, 4.69) is 33.7 Å². The average Bonchev–Trinajstić information content (AvgIpc) is 2.68. The fourth-order valence-electron chi connectivity index (χ4n) is 2.12. The molecule has 1 aromatic heterocycles. The number of ether oxygens (including phenoxy) is 1. The van der Waals surface area contributed by atoms with Crippen LogP contribution in [0.1, 0.15) is 32.4 Å². The quantitative estimate of drug-likeness (QED) is 0.886. The molecule has 1 fully saturated rings. The number of hydrogen-bond acceptors (Lipinski definition) is 6. The van der Waals surface area contributed by atoms with Gasteiger partial charge in [-0.1, -0.05) is 11.4 Å². The van der Waals surface area contributed by atoms with E-state index in [1.54, 1.807) is 0 Å². The first-order valence-corrected chi connectivity index (χ1v) is 7.46. The highest BCUT2D eigenvalue weighted by atomic mass is 32.1. The van der Waals surface area contributed by atoms with Crippen LogP contribution < -0.4 is 5.32 Å². The Balaban J connectivity index is 1.93. The molecule has 6 heteroatoms. The minimum atomic E-state index is 0.311. The van der Waals surface area contributed by atoms with Gasteiger partial charge in [0, 0.05) is 44.3 Å². The zero-order valence-corrected chi connectivity index (χ0v) is 12.0. The second kappa shape index (κ2) is 7.01. The Kier molecular flexibility index (Phi) is 5.34. The zero-order valence-electron chi connectivity index (χ0n) is 11.2. The van der Waals surface area contributed by atoms with E-state index in [4.69, 9.17) is 4.74 Å². The van der Waals surface area contributed by atoms with Crippen molar-refractivity contribution >= 4 is 16.5 Å². The van der Waals surface area contributed by atoms with Gasteiger partial charge >= 0.3 is 0 Å². The molecular formula is C12H22N4OS.